The smallest absolute Gasteiger partial charge is 0.314 e. The molecule has 0 aliphatic carbocycles. The lowest BCUT2D eigenvalue weighted by Crippen LogP contribution is -2.52. The Morgan fingerprint density at radius 1 is 1.25 bits per heavy atom. The molecule has 2 amide bonds. The summed E-state index contributed by atoms with van der Waals surface area (Å²) >= 11 is 0. The maximum absolute atomic E-state index is 11.5. The molecule has 0 rings (SSSR count). The third-order valence-corrected chi connectivity index (χ3v) is 3.36. The second-order valence-corrected chi connectivity index (χ2v) is 7.14. The Hall–Kier alpha value is -1.35. The van der Waals surface area contributed by atoms with Gasteiger partial charge in [-0.1, -0.05) is 6.92 Å². The highest BCUT2D eigenvalue weighted by molar-refractivity contribution is 7.88. The number of rotatable bonds is 8. The second kappa shape index (κ2) is 7.44. The lowest BCUT2D eigenvalue weighted by Gasteiger charge is -2.25. The number of hydrogen-bond donors (Lipinski definition) is 4. The number of amides is 2. The first-order valence-corrected chi connectivity index (χ1v) is 8.05. The minimum absolute atomic E-state index is 0.111. The molecule has 0 saturated carbocycles. The number of carbonyl (C=O) groups is 2. The number of carboxylic acids is 1. The van der Waals surface area contributed by atoms with Crippen molar-refractivity contribution < 1.29 is 23.1 Å². The van der Waals surface area contributed by atoms with Crippen molar-refractivity contribution in [2.75, 3.05) is 19.3 Å². The van der Waals surface area contributed by atoms with Crippen LogP contribution in [-0.4, -0.2) is 50.4 Å². The van der Waals surface area contributed by atoms with Gasteiger partial charge in [-0.15, -0.1) is 0 Å². The molecule has 0 heterocycles. The molecule has 0 aromatic heterocycles. The first kappa shape index (κ1) is 18.7. The van der Waals surface area contributed by atoms with Gasteiger partial charge in [-0.2, -0.15) is 0 Å². The van der Waals surface area contributed by atoms with Gasteiger partial charge in [-0.3, -0.25) is 4.79 Å². The van der Waals surface area contributed by atoms with E-state index in [9.17, 15) is 18.0 Å². The Bertz CT molecular complexity index is 447. The summed E-state index contributed by atoms with van der Waals surface area (Å²) in [5.74, 6) is -1.44. The van der Waals surface area contributed by atoms with Crippen LogP contribution in [0.5, 0.6) is 0 Å². The monoisotopic (exact) mass is 309 g/mol. The average molecular weight is 309 g/mol. The fourth-order valence-electron chi connectivity index (χ4n) is 1.43. The van der Waals surface area contributed by atoms with E-state index in [4.69, 9.17) is 5.11 Å². The molecule has 0 aromatic carbocycles. The van der Waals surface area contributed by atoms with Crippen LogP contribution in [0.15, 0.2) is 0 Å². The van der Waals surface area contributed by atoms with E-state index in [0.29, 0.717) is 6.42 Å². The van der Waals surface area contributed by atoms with Gasteiger partial charge in [0.15, 0.2) is 0 Å². The molecule has 8 nitrogen and oxygen atoms in total. The lowest BCUT2D eigenvalue weighted by molar-refractivity contribution is -0.141. The normalized spacial score (nSPS) is 13.6. The summed E-state index contributed by atoms with van der Waals surface area (Å²) in [7, 11) is -3.35. The van der Waals surface area contributed by atoms with Crippen LogP contribution in [0.1, 0.15) is 27.2 Å². The van der Waals surface area contributed by atoms with E-state index in [2.05, 4.69) is 15.4 Å². The van der Waals surface area contributed by atoms with Crippen LogP contribution < -0.4 is 15.4 Å². The third kappa shape index (κ3) is 9.56. The highest BCUT2D eigenvalue weighted by Gasteiger charge is 2.22. The Balaban J connectivity index is 4.02. The van der Waals surface area contributed by atoms with Gasteiger partial charge in [-0.05, 0) is 20.3 Å². The predicted molar refractivity (Wildman–Crippen MR) is 74.9 cm³/mol. The van der Waals surface area contributed by atoms with Gasteiger partial charge < -0.3 is 15.7 Å². The van der Waals surface area contributed by atoms with Crippen molar-refractivity contribution in [2.45, 2.75) is 32.7 Å². The molecular weight excluding hydrogens is 286 g/mol. The zero-order chi connectivity index (χ0) is 16.0. The highest BCUT2D eigenvalue weighted by atomic mass is 32.2. The van der Waals surface area contributed by atoms with Crippen molar-refractivity contribution >= 4 is 22.0 Å². The van der Waals surface area contributed by atoms with Crippen LogP contribution in [-0.2, 0) is 14.8 Å². The number of sulfonamides is 1. The molecule has 0 fully saturated rings. The average Bonchev–Trinajstić information content (AvgIpc) is 2.23. The number of nitrogens with one attached hydrogen (secondary N) is 3. The fourth-order valence-corrected chi connectivity index (χ4v) is 2.50. The molecule has 0 saturated heterocycles. The molecule has 0 spiro atoms. The Morgan fingerprint density at radius 2 is 1.80 bits per heavy atom. The highest BCUT2D eigenvalue weighted by Crippen LogP contribution is 2.02. The Morgan fingerprint density at radius 3 is 2.25 bits per heavy atom. The van der Waals surface area contributed by atoms with E-state index in [-0.39, 0.29) is 13.1 Å². The molecule has 0 aliphatic heterocycles. The van der Waals surface area contributed by atoms with Gasteiger partial charge in [0.25, 0.3) is 0 Å². The predicted octanol–water partition coefficient (Wildman–Crippen LogP) is -0.276. The van der Waals surface area contributed by atoms with E-state index in [1.54, 1.807) is 20.8 Å². The SMILES string of the molecule is CC(CCNC(=O)NCC(C)(C)NS(C)(=O)=O)C(=O)O. The molecule has 0 bridgehead atoms. The minimum atomic E-state index is -3.35. The summed E-state index contributed by atoms with van der Waals surface area (Å²) in [4.78, 5) is 22.0. The fraction of sp³-hybridized carbons (Fsp3) is 0.818. The van der Waals surface area contributed by atoms with Gasteiger partial charge in [0.2, 0.25) is 10.0 Å². The lowest BCUT2D eigenvalue weighted by atomic mass is 10.1. The van der Waals surface area contributed by atoms with Crippen LogP contribution >= 0.6 is 0 Å². The standard InChI is InChI=1S/C11H23N3O5S/c1-8(9(15)16)5-6-12-10(17)13-7-11(2,3)14-20(4,18)19/h8,14H,5-7H2,1-4H3,(H,15,16)(H2,12,13,17). The molecule has 20 heavy (non-hydrogen) atoms. The third-order valence-electron chi connectivity index (χ3n) is 2.44. The van der Waals surface area contributed by atoms with Crippen LogP contribution in [0, 0.1) is 5.92 Å². The van der Waals surface area contributed by atoms with Crippen molar-refractivity contribution in [1.29, 1.82) is 0 Å². The Kier molecular flexibility index (Phi) is 6.94. The van der Waals surface area contributed by atoms with Crippen molar-refractivity contribution in [2.24, 2.45) is 5.92 Å². The van der Waals surface area contributed by atoms with Crippen LogP contribution in [0.2, 0.25) is 0 Å². The van der Waals surface area contributed by atoms with E-state index in [0.717, 1.165) is 6.26 Å². The summed E-state index contributed by atoms with van der Waals surface area (Å²) in [6.07, 6.45) is 1.37. The van der Waals surface area contributed by atoms with E-state index < -0.39 is 33.5 Å². The molecule has 1 atom stereocenters. The topological polar surface area (TPSA) is 125 Å². The molecule has 9 heteroatoms. The van der Waals surface area contributed by atoms with E-state index >= 15 is 0 Å². The number of carbonyl (C=O) groups excluding carboxylic acids is 1. The van der Waals surface area contributed by atoms with Gasteiger partial charge in [0, 0.05) is 18.6 Å². The van der Waals surface area contributed by atoms with Crippen LogP contribution in [0.3, 0.4) is 0 Å². The van der Waals surface area contributed by atoms with Crippen molar-refractivity contribution in [3.8, 4) is 0 Å². The first-order valence-electron chi connectivity index (χ1n) is 6.16. The van der Waals surface area contributed by atoms with E-state index in [1.807, 2.05) is 0 Å². The van der Waals surface area contributed by atoms with Gasteiger partial charge in [0.05, 0.1) is 12.2 Å². The molecule has 118 valence electrons. The zero-order valence-corrected chi connectivity index (χ0v) is 13.0. The zero-order valence-electron chi connectivity index (χ0n) is 12.2. The first-order chi connectivity index (χ1) is 8.93. The van der Waals surface area contributed by atoms with Crippen molar-refractivity contribution in [3.05, 3.63) is 0 Å². The maximum Gasteiger partial charge on any atom is 0.314 e. The largest absolute Gasteiger partial charge is 0.481 e. The van der Waals surface area contributed by atoms with Gasteiger partial charge >= 0.3 is 12.0 Å². The molecule has 0 radical (unpaired) electrons. The van der Waals surface area contributed by atoms with Crippen molar-refractivity contribution in [1.82, 2.24) is 15.4 Å². The summed E-state index contributed by atoms with van der Waals surface area (Å²) in [5, 5.41) is 13.7. The van der Waals surface area contributed by atoms with Gasteiger partial charge in [-0.25, -0.2) is 17.9 Å². The summed E-state index contributed by atoms with van der Waals surface area (Å²) in [6, 6.07) is -0.467. The summed E-state index contributed by atoms with van der Waals surface area (Å²) < 4.78 is 24.6. The maximum atomic E-state index is 11.5. The quantitative estimate of drug-likeness (QED) is 0.491. The summed E-state index contributed by atoms with van der Waals surface area (Å²) in [6.45, 7) is 5.18. The van der Waals surface area contributed by atoms with Gasteiger partial charge in [0.1, 0.15) is 0 Å². The minimum Gasteiger partial charge on any atom is -0.481 e. The molecular formula is C11H23N3O5S. The number of urea groups is 1. The van der Waals surface area contributed by atoms with E-state index in [1.165, 1.54) is 0 Å². The van der Waals surface area contributed by atoms with Crippen molar-refractivity contribution in [3.63, 3.8) is 0 Å². The Labute approximate surface area is 119 Å². The van der Waals surface area contributed by atoms with Crippen LogP contribution in [0.25, 0.3) is 0 Å². The summed E-state index contributed by atoms with van der Waals surface area (Å²) in [5.41, 5.74) is -0.806. The number of carboxylic acid groups (broad SMARTS) is 1. The van der Waals surface area contributed by atoms with Crippen LogP contribution in [0.4, 0.5) is 4.79 Å². The molecule has 4 N–H and O–H groups in total. The number of aliphatic carboxylic acids is 1. The molecule has 0 aliphatic rings. The number of hydrogen-bond acceptors (Lipinski definition) is 4. The molecule has 0 aromatic rings. The second-order valence-electron chi connectivity index (χ2n) is 5.40. The molecule has 1 unspecified atom stereocenters.